The van der Waals surface area contributed by atoms with Crippen LogP contribution in [0.5, 0.6) is 0 Å². The van der Waals surface area contributed by atoms with E-state index < -0.39 is 5.41 Å². The molecule has 4 nitrogen and oxygen atoms in total. The molecule has 1 aliphatic heterocycles. The van der Waals surface area contributed by atoms with E-state index in [4.69, 9.17) is 9.57 Å². The number of hydrogen-bond acceptors (Lipinski definition) is 4. The smallest absolute Gasteiger partial charge is 0.313 e. The molecule has 0 saturated carbocycles. The van der Waals surface area contributed by atoms with E-state index in [0.29, 0.717) is 0 Å². The molecule has 1 aliphatic rings. The van der Waals surface area contributed by atoms with E-state index in [0.717, 1.165) is 12.8 Å². The molecule has 0 N–H and O–H groups in total. The monoisotopic (exact) mass is 355 g/mol. The van der Waals surface area contributed by atoms with Crippen LogP contribution >= 0.6 is 0 Å². The molecule has 0 aliphatic carbocycles. The molecule has 1 heterocycles. The number of esters is 1. The number of carbonyl (C=O) groups excluding carboxylic acids is 1. The molecule has 0 aromatic heterocycles. The van der Waals surface area contributed by atoms with Crippen LogP contribution in [-0.4, -0.2) is 35.3 Å². The highest BCUT2D eigenvalue weighted by molar-refractivity contribution is 5.78. The first kappa shape index (κ1) is 22.4. The fourth-order valence-electron chi connectivity index (χ4n) is 4.76. The number of rotatable bonds is 3. The number of carbonyl (C=O) groups is 1. The highest BCUT2D eigenvalue weighted by Gasteiger charge is 2.55. The quantitative estimate of drug-likeness (QED) is 0.651. The summed E-state index contributed by atoms with van der Waals surface area (Å²) in [7, 11) is 1.71. The molecule has 25 heavy (non-hydrogen) atoms. The average Bonchev–Trinajstić information content (AvgIpc) is 2.31. The first-order valence-electron chi connectivity index (χ1n) is 9.46. The van der Waals surface area contributed by atoms with Gasteiger partial charge in [0, 0.05) is 23.9 Å². The Morgan fingerprint density at radius 2 is 1.24 bits per heavy atom. The Morgan fingerprint density at radius 1 is 0.880 bits per heavy atom. The molecule has 0 spiro atoms. The lowest BCUT2D eigenvalue weighted by molar-refractivity contribution is -0.279. The highest BCUT2D eigenvalue weighted by Crippen LogP contribution is 2.52. The molecule has 4 heteroatoms. The van der Waals surface area contributed by atoms with Crippen molar-refractivity contribution >= 4 is 5.97 Å². The topological polar surface area (TPSA) is 38.8 Å². The summed E-state index contributed by atoms with van der Waals surface area (Å²) in [6.07, 6.45) is 1.42. The minimum Gasteiger partial charge on any atom is -0.462 e. The number of hydrogen-bond donors (Lipinski definition) is 0. The third kappa shape index (κ3) is 4.05. The fourth-order valence-corrected chi connectivity index (χ4v) is 4.76. The number of nitrogens with zero attached hydrogens (tertiary/aromatic N) is 1. The van der Waals surface area contributed by atoms with Crippen LogP contribution < -0.4 is 0 Å². The van der Waals surface area contributed by atoms with Gasteiger partial charge in [-0.25, -0.2) is 0 Å². The zero-order valence-electron chi connectivity index (χ0n) is 18.7. The van der Waals surface area contributed by atoms with Gasteiger partial charge in [0.05, 0.1) is 12.5 Å². The summed E-state index contributed by atoms with van der Waals surface area (Å²) in [5.41, 5.74) is -1.35. The minimum absolute atomic E-state index is 0.0880. The van der Waals surface area contributed by atoms with Crippen molar-refractivity contribution in [3.05, 3.63) is 0 Å². The van der Waals surface area contributed by atoms with Gasteiger partial charge in [0.1, 0.15) is 6.10 Å². The maximum Gasteiger partial charge on any atom is 0.313 e. The van der Waals surface area contributed by atoms with E-state index in [9.17, 15) is 4.79 Å². The van der Waals surface area contributed by atoms with Crippen LogP contribution in [0.3, 0.4) is 0 Å². The number of ether oxygens (including phenoxy) is 1. The Hall–Kier alpha value is -0.610. The zero-order chi connectivity index (χ0) is 20.1. The van der Waals surface area contributed by atoms with E-state index in [1.165, 1.54) is 0 Å². The molecule has 148 valence electrons. The standard InChI is InChI=1S/C21H41NO3/c1-17(2,3)21(11,18(4,5)6)16(23)25-15-13-19(7,8)22(24-12)20(9,10)14-15/h15H,13-14H2,1-12H3. The molecule has 0 unspecified atom stereocenters. The maximum absolute atomic E-state index is 13.3. The molecule has 1 saturated heterocycles. The molecule has 0 radical (unpaired) electrons. The fraction of sp³-hybridized carbons (Fsp3) is 0.952. The van der Waals surface area contributed by atoms with Gasteiger partial charge in [-0.3, -0.25) is 4.79 Å². The van der Waals surface area contributed by atoms with Gasteiger partial charge in [0.2, 0.25) is 0 Å². The summed E-state index contributed by atoms with van der Waals surface area (Å²) in [5, 5.41) is 2.04. The third-order valence-corrected chi connectivity index (χ3v) is 6.42. The number of hydroxylamine groups is 2. The van der Waals surface area contributed by atoms with E-state index in [-0.39, 0.29) is 34.0 Å². The van der Waals surface area contributed by atoms with Crippen LogP contribution in [0.25, 0.3) is 0 Å². The summed E-state index contributed by atoms with van der Waals surface area (Å²) in [5.74, 6) is -0.0880. The van der Waals surface area contributed by atoms with Gasteiger partial charge in [0.15, 0.2) is 0 Å². The lowest BCUT2D eigenvalue weighted by Gasteiger charge is -2.54. The van der Waals surface area contributed by atoms with Crippen LogP contribution in [-0.2, 0) is 14.4 Å². The molecule has 1 fully saturated rings. The molecule has 0 aromatic carbocycles. The van der Waals surface area contributed by atoms with Gasteiger partial charge in [0.25, 0.3) is 0 Å². The third-order valence-electron chi connectivity index (χ3n) is 6.42. The van der Waals surface area contributed by atoms with Gasteiger partial charge in [-0.2, -0.15) is 5.06 Å². The molecule has 0 amide bonds. The van der Waals surface area contributed by atoms with Crippen LogP contribution in [0, 0.1) is 16.2 Å². The van der Waals surface area contributed by atoms with Crippen molar-refractivity contribution in [1.82, 2.24) is 5.06 Å². The first-order chi connectivity index (χ1) is 10.9. The Labute approximate surface area is 155 Å². The van der Waals surface area contributed by atoms with Crippen LogP contribution in [0.15, 0.2) is 0 Å². The Bertz CT molecular complexity index is 462. The van der Waals surface area contributed by atoms with E-state index in [1.54, 1.807) is 7.11 Å². The van der Waals surface area contributed by atoms with Crippen molar-refractivity contribution in [1.29, 1.82) is 0 Å². The van der Waals surface area contributed by atoms with E-state index in [1.807, 2.05) is 5.06 Å². The van der Waals surface area contributed by atoms with Crippen LogP contribution in [0.4, 0.5) is 0 Å². The highest BCUT2D eigenvalue weighted by atomic mass is 16.7. The van der Waals surface area contributed by atoms with E-state index in [2.05, 4.69) is 76.2 Å². The summed E-state index contributed by atoms with van der Waals surface area (Å²) >= 11 is 0. The maximum atomic E-state index is 13.3. The van der Waals surface area contributed by atoms with Gasteiger partial charge >= 0.3 is 5.97 Å². The Balaban J connectivity index is 3.11. The largest absolute Gasteiger partial charge is 0.462 e. The summed E-state index contributed by atoms with van der Waals surface area (Å²) < 4.78 is 6.15. The van der Waals surface area contributed by atoms with Crippen molar-refractivity contribution in [2.75, 3.05) is 7.11 Å². The second kappa shape index (κ2) is 6.53. The molecule has 0 aromatic rings. The molecule has 1 rings (SSSR count). The predicted octanol–water partition coefficient (Wildman–Crippen LogP) is 5.21. The van der Waals surface area contributed by atoms with Gasteiger partial charge in [-0.05, 0) is 45.4 Å². The van der Waals surface area contributed by atoms with Gasteiger partial charge in [-0.15, -0.1) is 0 Å². The predicted molar refractivity (Wildman–Crippen MR) is 103 cm³/mol. The van der Waals surface area contributed by atoms with Gasteiger partial charge < -0.3 is 9.57 Å². The van der Waals surface area contributed by atoms with Crippen molar-refractivity contribution in [3.63, 3.8) is 0 Å². The van der Waals surface area contributed by atoms with Crippen LogP contribution in [0.2, 0.25) is 0 Å². The van der Waals surface area contributed by atoms with Crippen molar-refractivity contribution < 1.29 is 14.4 Å². The van der Waals surface area contributed by atoms with Crippen LogP contribution in [0.1, 0.15) is 89.0 Å². The summed E-state index contributed by atoms with van der Waals surface area (Å²) in [4.78, 5) is 19.0. The van der Waals surface area contributed by atoms with Crippen molar-refractivity contribution in [3.8, 4) is 0 Å². The van der Waals surface area contributed by atoms with E-state index >= 15 is 0 Å². The van der Waals surface area contributed by atoms with Gasteiger partial charge in [-0.1, -0.05) is 41.5 Å². The minimum atomic E-state index is -0.577. The molecular formula is C21H41NO3. The first-order valence-corrected chi connectivity index (χ1v) is 9.46. The lowest BCUT2D eigenvalue weighted by Crippen LogP contribution is -2.62. The summed E-state index contributed by atoms with van der Waals surface area (Å²) in [6.45, 7) is 23.4. The lowest BCUT2D eigenvalue weighted by atomic mass is 9.55. The van der Waals surface area contributed by atoms with Crippen molar-refractivity contribution in [2.45, 2.75) is 106 Å². The summed E-state index contributed by atoms with van der Waals surface area (Å²) in [6, 6.07) is 0. The molecular weight excluding hydrogens is 314 g/mol. The Morgan fingerprint density at radius 3 is 1.52 bits per heavy atom. The molecule has 0 bridgehead atoms. The normalized spacial score (nSPS) is 22.7. The molecule has 0 atom stereocenters. The number of piperidine rings is 1. The second-order valence-electron chi connectivity index (χ2n) is 11.2. The Kier molecular flexibility index (Phi) is 5.85. The average molecular weight is 356 g/mol. The SMILES string of the molecule is CON1C(C)(C)CC(OC(=O)C(C)(C(C)(C)C)C(C)(C)C)CC1(C)C. The second-order valence-corrected chi connectivity index (χ2v) is 11.2. The van der Waals surface area contributed by atoms with Crippen molar-refractivity contribution in [2.24, 2.45) is 16.2 Å². The zero-order valence-corrected chi connectivity index (χ0v) is 18.7.